The molecular formula is C15H29N3O2. The molecule has 0 aromatic rings. The van der Waals surface area contributed by atoms with Crippen molar-refractivity contribution in [1.82, 2.24) is 9.80 Å². The second kappa shape index (κ2) is 8.25. The summed E-state index contributed by atoms with van der Waals surface area (Å²) in [5.74, 6) is 1.42. The fourth-order valence-corrected chi connectivity index (χ4v) is 2.76. The molecule has 2 N–H and O–H groups in total. The van der Waals surface area contributed by atoms with E-state index in [0.717, 1.165) is 12.8 Å². The van der Waals surface area contributed by atoms with E-state index in [-0.39, 0.29) is 11.8 Å². The minimum absolute atomic E-state index is 0.0971. The lowest BCUT2D eigenvalue weighted by Crippen LogP contribution is -2.50. The summed E-state index contributed by atoms with van der Waals surface area (Å²) in [6.07, 6.45) is 2.51. The number of nitrogens with two attached hydrogens (primary N) is 1. The molecule has 0 radical (unpaired) electrons. The molecule has 0 saturated carbocycles. The summed E-state index contributed by atoms with van der Waals surface area (Å²) in [6, 6.07) is 0. The van der Waals surface area contributed by atoms with Crippen LogP contribution in [0.3, 0.4) is 0 Å². The Bertz CT molecular complexity index is 323. The first-order valence-corrected chi connectivity index (χ1v) is 7.69. The summed E-state index contributed by atoms with van der Waals surface area (Å²) in [6.45, 7) is 9.32. The predicted octanol–water partition coefficient (Wildman–Crippen LogP) is 1.08. The SMILES string of the molecule is CC(=O)N1CCN(C(=O)CCC(CCN)C(C)C)CC1. The van der Waals surface area contributed by atoms with E-state index in [0.29, 0.717) is 51.0 Å². The average Bonchev–Trinajstić information content (AvgIpc) is 2.42. The van der Waals surface area contributed by atoms with E-state index in [4.69, 9.17) is 5.73 Å². The van der Waals surface area contributed by atoms with Gasteiger partial charge in [-0.05, 0) is 31.2 Å². The minimum Gasteiger partial charge on any atom is -0.339 e. The maximum Gasteiger partial charge on any atom is 0.222 e. The van der Waals surface area contributed by atoms with E-state index in [1.807, 2.05) is 4.90 Å². The number of nitrogens with zero attached hydrogens (tertiary/aromatic N) is 2. The molecule has 0 bridgehead atoms. The first-order chi connectivity index (χ1) is 9.45. The standard InChI is InChI=1S/C15H29N3O2/c1-12(2)14(6-7-16)4-5-15(20)18-10-8-17(9-11-18)13(3)19/h12,14H,4-11,16H2,1-3H3. The fraction of sp³-hybridized carbons (Fsp3) is 0.867. The molecule has 2 amide bonds. The van der Waals surface area contributed by atoms with Crippen LogP contribution in [-0.4, -0.2) is 54.3 Å². The molecule has 5 heteroatoms. The van der Waals surface area contributed by atoms with Crippen molar-refractivity contribution in [3.8, 4) is 0 Å². The van der Waals surface area contributed by atoms with Gasteiger partial charge in [0.15, 0.2) is 0 Å². The molecule has 20 heavy (non-hydrogen) atoms. The number of rotatable bonds is 6. The predicted molar refractivity (Wildman–Crippen MR) is 80.1 cm³/mol. The highest BCUT2D eigenvalue weighted by molar-refractivity contribution is 5.77. The highest BCUT2D eigenvalue weighted by Crippen LogP contribution is 2.21. The zero-order valence-electron chi connectivity index (χ0n) is 13.1. The summed E-state index contributed by atoms with van der Waals surface area (Å²) < 4.78 is 0. The van der Waals surface area contributed by atoms with Crippen molar-refractivity contribution in [2.45, 2.75) is 40.0 Å². The van der Waals surface area contributed by atoms with Crippen LogP contribution in [-0.2, 0) is 9.59 Å². The molecule has 0 spiro atoms. The molecule has 0 aromatic carbocycles. The van der Waals surface area contributed by atoms with Crippen molar-refractivity contribution >= 4 is 11.8 Å². The van der Waals surface area contributed by atoms with Crippen LogP contribution in [0.25, 0.3) is 0 Å². The van der Waals surface area contributed by atoms with Gasteiger partial charge in [-0.2, -0.15) is 0 Å². The molecule has 1 unspecified atom stereocenters. The van der Waals surface area contributed by atoms with Crippen LogP contribution in [0.1, 0.15) is 40.0 Å². The number of piperazine rings is 1. The molecule has 1 aliphatic heterocycles. The third-order valence-corrected chi connectivity index (χ3v) is 4.29. The lowest BCUT2D eigenvalue weighted by molar-refractivity contribution is -0.138. The minimum atomic E-state index is 0.0971. The summed E-state index contributed by atoms with van der Waals surface area (Å²) in [7, 11) is 0. The van der Waals surface area contributed by atoms with E-state index < -0.39 is 0 Å². The van der Waals surface area contributed by atoms with Crippen LogP contribution in [0.15, 0.2) is 0 Å². The molecule has 1 aliphatic rings. The molecular weight excluding hydrogens is 254 g/mol. The molecule has 1 saturated heterocycles. The van der Waals surface area contributed by atoms with Gasteiger partial charge in [-0.15, -0.1) is 0 Å². The van der Waals surface area contributed by atoms with Gasteiger partial charge in [0.25, 0.3) is 0 Å². The quantitative estimate of drug-likeness (QED) is 0.793. The van der Waals surface area contributed by atoms with Crippen molar-refractivity contribution in [2.24, 2.45) is 17.6 Å². The van der Waals surface area contributed by atoms with Crippen LogP contribution in [0.2, 0.25) is 0 Å². The van der Waals surface area contributed by atoms with Gasteiger partial charge >= 0.3 is 0 Å². The Morgan fingerprint density at radius 2 is 1.60 bits per heavy atom. The van der Waals surface area contributed by atoms with Gasteiger partial charge in [0, 0.05) is 39.5 Å². The summed E-state index contributed by atoms with van der Waals surface area (Å²) in [5, 5.41) is 0. The van der Waals surface area contributed by atoms with Gasteiger partial charge < -0.3 is 15.5 Å². The Morgan fingerprint density at radius 3 is 2.05 bits per heavy atom. The molecule has 0 aromatic heterocycles. The van der Waals surface area contributed by atoms with Crippen LogP contribution in [0, 0.1) is 11.8 Å². The van der Waals surface area contributed by atoms with Crippen molar-refractivity contribution in [2.75, 3.05) is 32.7 Å². The van der Waals surface area contributed by atoms with Crippen molar-refractivity contribution in [3.63, 3.8) is 0 Å². The number of carbonyl (C=O) groups is 2. The van der Waals surface area contributed by atoms with Gasteiger partial charge in [0.2, 0.25) is 11.8 Å². The number of hydrogen-bond donors (Lipinski definition) is 1. The van der Waals surface area contributed by atoms with Crippen LogP contribution < -0.4 is 5.73 Å². The molecule has 1 heterocycles. The van der Waals surface area contributed by atoms with Crippen LogP contribution in [0.5, 0.6) is 0 Å². The monoisotopic (exact) mass is 283 g/mol. The van der Waals surface area contributed by atoms with E-state index in [1.165, 1.54) is 0 Å². The summed E-state index contributed by atoms with van der Waals surface area (Å²) in [4.78, 5) is 27.1. The average molecular weight is 283 g/mol. The first kappa shape index (κ1) is 17.0. The zero-order chi connectivity index (χ0) is 15.1. The molecule has 0 aliphatic carbocycles. The topological polar surface area (TPSA) is 66.6 Å². The first-order valence-electron chi connectivity index (χ1n) is 7.69. The Hall–Kier alpha value is -1.10. The smallest absolute Gasteiger partial charge is 0.222 e. The Kier molecular flexibility index (Phi) is 6.99. The highest BCUT2D eigenvalue weighted by Gasteiger charge is 2.23. The van der Waals surface area contributed by atoms with Crippen molar-refractivity contribution in [1.29, 1.82) is 0 Å². The maximum atomic E-state index is 12.2. The summed E-state index contributed by atoms with van der Waals surface area (Å²) >= 11 is 0. The zero-order valence-corrected chi connectivity index (χ0v) is 13.1. The maximum absolute atomic E-state index is 12.2. The molecule has 1 rings (SSSR count). The third kappa shape index (κ3) is 5.12. The van der Waals surface area contributed by atoms with E-state index in [1.54, 1.807) is 11.8 Å². The molecule has 1 atom stereocenters. The third-order valence-electron chi connectivity index (χ3n) is 4.29. The Balaban J connectivity index is 2.34. The van der Waals surface area contributed by atoms with E-state index in [2.05, 4.69) is 13.8 Å². The van der Waals surface area contributed by atoms with Gasteiger partial charge in [0.1, 0.15) is 0 Å². The number of amides is 2. The van der Waals surface area contributed by atoms with Gasteiger partial charge in [-0.1, -0.05) is 13.8 Å². The largest absolute Gasteiger partial charge is 0.339 e. The lowest BCUT2D eigenvalue weighted by Gasteiger charge is -2.34. The van der Waals surface area contributed by atoms with Gasteiger partial charge in [-0.3, -0.25) is 9.59 Å². The lowest BCUT2D eigenvalue weighted by atomic mass is 9.88. The summed E-state index contributed by atoms with van der Waals surface area (Å²) in [5.41, 5.74) is 5.63. The van der Waals surface area contributed by atoms with E-state index in [9.17, 15) is 9.59 Å². The molecule has 5 nitrogen and oxygen atoms in total. The second-order valence-corrected chi connectivity index (χ2v) is 6.01. The van der Waals surface area contributed by atoms with Crippen LogP contribution in [0.4, 0.5) is 0 Å². The van der Waals surface area contributed by atoms with E-state index >= 15 is 0 Å². The number of hydrogen-bond acceptors (Lipinski definition) is 3. The van der Waals surface area contributed by atoms with Gasteiger partial charge in [-0.25, -0.2) is 0 Å². The Labute approximate surface area is 122 Å². The van der Waals surface area contributed by atoms with Crippen molar-refractivity contribution in [3.05, 3.63) is 0 Å². The normalized spacial score (nSPS) is 17.4. The molecule has 1 fully saturated rings. The van der Waals surface area contributed by atoms with Gasteiger partial charge in [0.05, 0.1) is 0 Å². The van der Waals surface area contributed by atoms with Crippen molar-refractivity contribution < 1.29 is 9.59 Å². The Morgan fingerprint density at radius 1 is 1.05 bits per heavy atom. The van der Waals surface area contributed by atoms with Crippen LogP contribution >= 0.6 is 0 Å². The number of carbonyl (C=O) groups excluding carboxylic acids is 2. The second-order valence-electron chi connectivity index (χ2n) is 6.01. The fourth-order valence-electron chi connectivity index (χ4n) is 2.76. The highest BCUT2D eigenvalue weighted by atomic mass is 16.2. The molecule has 116 valence electrons.